The van der Waals surface area contributed by atoms with Crippen molar-refractivity contribution in [2.45, 2.75) is 18.6 Å². The third-order valence-electron chi connectivity index (χ3n) is 3.21. The summed E-state index contributed by atoms with van der Waals surface area (Å²) in [5.41, 5.74) is 0.913. The van der Waals surface area contributed by atoms with Crippen molar-refractivity contribution < 1.29 is 9.18 Å². The van der Waals surface area contributed by atoms with Gasteiger partial charge in [-0.3, -0.25) is 9.78 Å². The van der Waals surface area contributed by atoms with Crippen LogP contribution in [0.1, 0.15) is 13.3 Å². The Bertz CT molecular complexity index is 679. The summed E-state index contributed by atoms with van der Waals surface area (Å²) in [5, 5.41) is 4.50. The summed E-state index contributed by atoms with van der Waals surface area (Å²) >= 11 is 7.72. The lowest BCUT2D eigenvalue weighted by atomic mass is 10.3. The second-order valence-electron chi connectivity index (χ2n) is 4.81. The molecule has 1 amide bonds. The van der Waals surface area contributed by atoms with E-state index >= 15 is 0 Å². The molecule has 5 nitrogen and oxygen atoms in total. The van der Waals surface area contributed by atoms with Crippen molar-refractivity contribution in [2.75, 3.05) is 18.2 Å². The van der Waals surface area contributed by atoms with Gasteiger partial charge in [-0.15, -0.1) is 0 Å². The van der Waals surface area contributed by atoms with Crippen LogP contribution in [0.5, 0.6) is 0 Å². The van der Waals surface area contributed by atoms with E-state index < -0.39 is 5.82 Å². The van der Waals surface area contributed by atoms with Crippen LogP contribution in [0.15, 0.2) is 24.7 Å². The van der Waals surface area contributed by atoms with E-state index in [1.807, 2.05) is 13.2 Å². The van der Waals surface area contributed by atoms with Crippen LogP contribution in [0, 0.1) is 5.82 Å². The lowest BCUT2D eigenvalue weighted by molar-refractivity contribution is -0.118. The van der Waals surface area contributed by atoms with Gasteiger partial charge in [-0.2, -0.15) is 16.9 Å². The monoisotopic (exact) mass is 342 g/mol. The zero-order valence-corrected chi connectivity index (χ0v) is 14.0. The number of thioether (sulfide) groups is 1. The second kappa shape index (κ2) is 7.11. The highest BCUT2D eigenvalue weighted by atomic mass is 35.5. The van der Waals surface area contributed by atoms with Crippen molar-refractivity contribution in [2.24, 2.45) is 0 Å². The van der Waals surface area contributed by atoms with Crippen LogP contribution in [0.2, 0.25) is 5.15 Å². The number of pyridine rings is 1. The number of nitrogens with zero attached hydrogens (tertiary/aromatic N) is 4. The number of hydrogen-bond donors (Lipinski definition) is 0. The third-order valence-corrected chi connectivity index (χ3v) is 4.45. The maximum Gasteiger partial charge on any atom is 0.227 e. The molecule has 1 unspecified atom stereocenters. The highest BCUT2D eigenvalue weighted by Gasteiger charge is 2.19. The minimum absolute atomic E-state index is 0.0549. The molecule has 8 heteroatoms. The SMILES string of the molecule is CSC(C)CC(=O)N(C)c1cn(-c2cncc(F)c2)nc1Cl. The van der Waals surface area contributed by atoms with Crippen molar-refractivity contribution in [1.82, 2.24) is 14.8 Å². The van der Waals surface area contributed by atoms with Gasteiger partial charge in [-0.1, -0.05) is 18.5 Å². The average molecular weight is 343 g/mol. The number of rotatable bonds is 5. The van der Waals surface area contributed by atoms with Crippen LogP contribution in [0.4, 0.5) is 10.1 Å². The number of aromatic nitrogens is 3. The molecular weight excluding hydrogens is 327 g/mol. The van der Waals surface area contributed by atoms with Crippen LogP contribution in [0.3, 0.4) is 0 Å². The van der Waals surface area contributed by atoms with Gasteiger partial charge < -0.3 is 4.90 Å². The molecule has 2 aromatic heterocycles. The van der Waals surface area contributed by atoms with Crippen molar-refractivity contribution in [3.05, 3.63) is 35.6 Å². The number of carbonyl (C=O) groups excluding carboxylic acids is 1. The smallest absolute Gasteiger partial charge is 0.227 e. The number of amides is 1. The maximum atomic E-state index is 13.2. The summed E-state index contributed by atoms with van der Waals surface area (Å²) in [7, 11) is 1.65. The normalized spacial score (nSPS) is 12.2. The first kappa shape index (κ1) is 16.8. The van der Waals surface area contributed by atoms with Crippen LogP contribution in [0.25, 0.3) is 5.69 Å². The molecule has 0 radical (unpaired) electrons. The fourth-order valence-electron chi connectivity index (χ4n) is 1.83. The lowest BCUT2D eigenvalue weighted by Crippen LogP contribution is -2.28. The standard InChI is InChI=1S/C14H16ClFN4OS/c1-9(22-3)4-13(21)19(2)12-8-20(18-14(12)15)11-5-10(16)6-17-7-11/h5-9H,4H2,1-3H3. The first-order valence-corrected chi connectivity index (χ1v) is 8.24. The third kappa shape index (κ3) is 3.78. The first-order valence-electron chi connectivity index (χ1n) is 6.57. The number of anilines is 1. The van der Waals surface area contributed by atoms with Crippen molar-refractivity contribution in [1.29, 1.82) is 0 Å². The summed E-state index contributed by atoms with van der Waals surface area (Å²) in [6, 6.07) is 1.29. The highest BCUT2D eigenvalue weighted by molar-refractivity contribution is 7.99. The van der Waals surface area contributed by atoms with E-state index in [1.165, 1.54) is 21.8 Å². The van der Waals surface area contributed by atoms with Gasteiger partial charge >= 0.3 is 0 Å². The molecule has 0 saturated carbocycles. The van der Waals surface area contributed by atoms with E-state index in [4.69, 9.17) is 11.6 Å². The van der Waals surface area contributed by atoms with Crippen molar-refractivity contribution >= 4 is 35.0 Å². The van der Waals surface area contributed by atoms with E-state index in [1.54, 1.807) is 25.0 Å². The summed E-state index contributed by atoms with van der Waals surface area (Å²) in [5.74, 6) is -0.524. The quantitative estimate of drug-likeness (QED) is 0.837. The Morgan fingerprint density at radius 3 is 2.91 bits per heavy atom. The minimum Gasteiger partial charge on any atom is -0.311 e. The Morgan fingerprint density at radius 1 is 1.55 bits per heavy atom. The predicted octanol–water partition coefficient (Wildman–Crippen LogP) is 3.16. The Balaban J connectivity index is 2.24. The van der Waals surface area contributed by atoms with Crippen LogP contribution in [-0.2, 0) is 4.79 Å². The van der Waals surface area contributed by atoms with E-state index in [2.05, 4.69) is 10.1 Å². The van der Waals surface area contributed by atoms with E-state index in [0.29, 0.717) is 17.8 Å². The molecule has 22 heavy (non-hydrogen) atoms. The van der Waals surface area contributed by atoms with Crippen molar-refractivity contribution in [3.8, 4) is 5.69 Å². The zero-order chi connectivity index (χ0) is 16.3. The van der Waals surface area contributed by atoms with E-state index in [-0.39, 0.29) is 16.3 Å². The molecule has 0 N–H and O–H groups in total. The van der Waals surface area contributed by atoms with E-state index in [9.17, 15) is 9.18 Å². The lowest BCUT2D eigenvalue weighted by Gasteiger charge is -2.17. The molecule has 0 aliphatic heterocycles. The van der Waals surface area contributed by atoms with Gasteiger partial charge in [0.15, 0.2) is 5.15 Å². The molecule has 1 atom stereocenters. The fourth-order valence-corrected chi connectivity index (χ4v) is 2.39. The van der Waals surface area contributed by atoms with Gasteiger partial charge in [0.25, 0.3) is 0 Å². The Labute approximate surface area is 137 Å². The Kier molecular flexibility index (Phi) is 5.42. The second-order valence-corrected chi connectivity index (χ2v) is 6.45. The van der Waals surface area contributed by atoms with Gasteiger partial charge in [-0.25, -0.2) is 9.07 Å². The van der Waals surface area contributed by atoms with Gasteiger partial charge in [0.2, 0.25) is 5.91 Å². The molecule has 0 fully saturated rings. The molecular formula is C14H16ClFN4OS. The highest BCUT2D eigenvalue weighted by Crippen LogP contribution is 2.26. The van der Waals surface area contributed by atoms with Crippen LogP contribution >= 0.6 is 23.4 Å². The summed E-state index contributed by atoms with van der Waals surface area (Å²) < 4.78 is 14.6. The molecule has 0 bridgehead atoms. The number of hydrogen-bond acceptors (Lipinski definition) is 4. The minimum atomic E-state index is -0.469. The van der Waals surface area contributed by atoms with Gasteiger partial charge in [0, 0.05) is 24.8 Å². The molecule has 0 aromatic carbocycles. The predicted molar refractivity (Wildman–Crippen MR) is 87.3 cm³/mol. The van der Waals surface area contributed by atoms with Gasteiger partial charge in [0.05, 0.1) is 24.3 Å². The molecule has 2 rings (SSSR count). The fraction of sp³-hybridized carbons (Fsp3) is 0.357. The molecule has 0 saturated heterocycles. The molecule has 0 aliphatic rings. The van der Waals surface area contributed by atoms with Crippen LogP contribution < -0.4 is 4.90 Å². The maximum absolute atomic E-state index is 13.2. The molecule has 0 spiro atoms. The first-order chi connectivity index (χ1) is 10.4. The molecule has 2 heterocycles. The number of halogens is 2. The summed E-state index contributed by atoms with van der Waals surface area (Å²) in [6.45, 7) is 1.99. The largest absolute Gasteiger partial charge is 0.311 e. The Morgan fingerprint density at radius 2 is 2.27 bits per heavy atom. The molecule has 118 valence electrons. The number of carbonyl (C=O) groups is 1. The topological polar surface area (TPSA) is 51.0 Å². The van der Waals surface area contributed by atoms with Crippen LogP contribution in [-0.4, -0.2) is 39.2 Å². The summed E-state index contributed by atoms with van der Waals surface area (Å²) in [4.78, 5) is 17.4. The molecule has 2 aromatic rings. The van der Waals surface area contributed by atoms with E-state index in [0.717, 1.165) is 6.20 Å². The van der Waals surface area contributed by atoms with Gasteiger partial charge in [0.1, 0.15) is 11.5 Å². The summed E-state index contributed by atoms with van der Waals surface area (Å²) in [6.07, 6.45) is 6.52. The zero-order valence-electron chi connectivity index (χ0n) is 12.5. The van der Waals surface area contributed by atoms with Gasteiger partial charge in [-0.05, 0) is 6.26 Å². The average Bonchev–Trinajstić information content (AvgIpc) is 2.88. The molecule has 0 aliphatic carbocycles. The Hall–Kier alpha value is -1.60. The van der Waals surface area contributed by atoms with Crippen molar-refractivity contribution in [3.63, 3.8) is 0 Å².